The fourth-order valence-corrected chi connectivity index (χ4v) is 12.5. The second kappa shape index (κ2) is 21.0. The molecule has 0 bridgehead atoms. The Morgan fingerprint density at radius 3 is 1.02 bits per heavy atom. The first kappa shape index (κ1) is 52.3. The van der Waals surface area contributed by atoms with Gasteiger partial charge in [0, 0.05) is 34.1 Å². The fraction of sp³-hybridized carbons (Fsp3) is 0.0250. The predicted octanol–water partition coefficient (Wildman–Crippen LogP) is 23.3. The van der Waals surface area contributed by atoms with Gasteiger partial charge in [-0.2, -0.15) is 18.4 Å². The van der Waals surface area contributed by atoms with Gasteiger partial charge in [-0.25, -0.2) is 4.85 Å². The Morgan fingerprint density at radius 2 is 0.655 bits per heavy atom. The lowest BCUT2D eigenvalue weighted by Crippen LogP contribution is -2.11. The molecule has 0 radical (unpaired) electrons. The van der Waals surface area contributed by atoms with Crippen LogP contribution in [0.1, 0.15) is 16.7 Å². The molecular weight excluding hydrogens is 1070 g/mol. The number of hydrogen-bond acceptors (Lipinski definition) is 3. The highest BCUT2D eigenvalue weighted by atomic mass is 19.4. The van der Waals surface area contributed by atoms with E-state index in [9.17, 15) is 18.4 Å². The molecule has 0 spiro atoms. The van der Waals surface area contributed by atoms with Crippen LogP contribution < -0.4 is 9.80 Å². The number of nitrogens with zero attached hydrogens (tertiary/aromatic N) is 4. The van der Waals surface area contributed by atoms with E-state index < -0.39 is 11.7 Å². The van der Waals surface area contributed by atoms with Crippen LogP contribution in [0.5, 0.6) is 0 Å². The molecule has 14 aromatic carbocycles. The van der Waals surface area contributed by atoms with Gasteiger partial charge < -0.3 is 9.80 Å². The summed E-state index contributed by atoms with van der Waals surface area (Å²) in [6, 6.07) is 96.3. The Hall–Kier alpha value is -11.5. The first-order valence-corrected chi connectivity index (χ1v) is 28.8. The molecule has 16 rings (SSSR count). The molecule has 7 heteroatoms. The third kappa shape index (κ3) is 9.55. The number of halogens is 3. The number of alkyl halides is 3. The van der Waals surface area contributed by atoms with Gasteiger partial charge in [-0.3, -0.25) is 0 Å². The minimum atomic E-state index is -4.39. The monoisotopic (exact) mass is 1120 g/mol. The molecule has 0 amide bonds. The van der Waals surface area contributed by atoms with Gasteiger partial charge in [-0.1, -0.05) is 127 Å². The van der Waals surface area contributed by atoms with Crippen LogP contribution in [0, 0.1) is 24.8 Å². The molecule has 87 heavy (non-hydrogen) atoms. The molecule has 0 unspecified atom stereocenters. The van der Waals surface area contributed by atoms with Crippen LogP contribution in [0.3, 0.4) is 0 Å². The minimum Gasteiger partial charge on any atom is -0.311 e. The molecule has 0 saturated heterocycles. The molecule has 0 saturated carbocycles. The third-order valence-corrected chi connectivity index (χ3v) is 17.0. The average molecular weight is 1120 g/mol. The molecule has 0 N–H and O–H groups in total. The van der Waals surface area contributed by atoms with Crippen LogP contribution in [-0.2, 0) is 6.18 Å². The Morgan fingerprint density at radius 1 is 0.333 bits per heavy atom. The number of nitriles is 1. The van der Waals surface area contributed by atoms with Crippen LogP contribution in [-0.4, -0.2) is 0 Å². The van der Waals surface area contributed by atoms with E-state index in [0.29, 0.717) is 16.9 Å². The van der Waals surface area contributed by atoms with E-state index in [0.717, 1.165) is 62.3 Å². The average Bonchev–Trinajstić information content (AvgIpc) is 0.785. The fourth-order valence-electron chi connectivity index (χ4n) is 12.5. The lowest BCUT2D eigenvalue weighted by atomic mass is 9.77. The van der Waals surface area contributed by atoms with E-state index in [-0.39, 0.29) is 0 Å². The normalized spacial score (nSPS) is 11.7. The molecule has 410 valence electrons. The first-order valence-electron chi connectivity index (χ1n) is 28.8. The number of hydrogen-bond donors (Lipinski definition) is 0. The van der Waals surface area contributed by atoms with E-state index in [2.05, 4.69) is 186 Å². The lowest BCUT2D eigenvalue weighted by molar-refractivity contribution is -0.137. The van der Waals surface area contributed by atoms with Crippen molar-refractivity contribution in [3.8, 4) is 72.8 Å². The van der Waals surface area contributed by atoms with Crippen molar-refractivity contribution in [1.29, 1.82) is 5.26 Å². The largest absolute Gasteiger partial charge is 0.416 e. The molecule has 4 nitrogen and oxygen atoms in total. The Kier molecular flexibility index (Phi) is 12.6. The van der Waals surface area contributed by atoms with E-state index in [4.69, 9.17) is 6.57 Å². The lowest BCUT2D eigenvalue weighted by Gasteiger charge is -2.28. The van der Waals surface area contributed by atoms with Crippen molar-refractivity contribution in [1.82, 2.24) is 0 Å². The highest BCUT2D eigenvalue weighted by Crippen LogP contribution is 2.53. The van der Waals surface area contributed by atoms with Gasteiger partial charge in [0.25, 0.3) is 0 Å². The van der Waals surface area contributed by atoms with Gasteiger partial charge in [-0.05, 0) is 275 Å². The summed E-state index contributed by atoms with van der Waals surface area (Å²) in [6.45, 7) is 9.37. The number of benzene rings is 14. The molecule has 2 aliphatic carbocycles. The van der Waals surface area contributed by atoms with Crippen molar-refractivity contribution in [3.63, 3.8) is 0 Å². The molecule has 0 aliphatic heterocycles. The zero-order valence-corrected chi connectivity index (χ0v) is 47.0. The maximum Gasteiger partial charge on any atom is 0.416 e. The summed E-state index contributed by atoms with van der Waals surface area (Å²) in [5, 5.41) is 18.8. The number of aryl methyl sites for hydroxylation is 1. The van der Waals surface area contributed by atoms with Gasteiger partial charge >= 0.3 is 6.18 Å². The van der Waals surface area contributed by atoms with Crippen LogP contribution in [0.15, 0.2) is 279 Å². The van der Waals surface area contributed by atoms with E-state index in [1.54, 1.807) is 0 Å². The van der Waals surface area contributed by atoms with Crippen LogP contribution in [0.25, 0.3) is 115 Å². The second-order valence-electron chi connectivity index (χ2n) is 22.3. The first-order chi connectivity index (χ1) is 42.5. The van der Waals surface area contributed by atoms with Crippen molar-refractivity contribution >= 4 is 82.9 Å². The Balaban J connectivity index is 0.000000147. The molecule has 14 aromatic rings. The summed E-state index contributed by atoms with van der Waals surface area (Å²) in [7, 11) is 0. The molecule has 2 aliphatic rings. The van der Waals surface area contributed by atoms with E-state index in [1.165, 1.54) is 106 Å². The summed E-state index contributed by atoms with van der Waals surface area (Å²) < 4.78 is 40.0. The smallest absolute Gasteiger partial charge is 0.311 e. The summed E-state index contributed by atoms with van der Waals surface area (Å²) in [5.41, 5.74) is 22.0. The molecule has 0 heterocycles. The van der Waals surface area contributed by atoms with Gasteiger partial charge in [0.05, 0.1) is 23.8 Å². The van der Waals surface area contributed by atoms with Crippen LogP contribution in [0.4, 0.5) is 53.0 Å². The summed E-state index contributed by atoms with van der Waals surface area (Å²) in [6.07, 6.45) is -4.39. The molecule has 0 atom stereocenters. The molecule has 0 fully saturated rings. The van der Waals surface area contributed by atoms with Gasteiger partial charge in [0.1, 0.15) is 0 Å². The molecule has 0 aromatic heterocycles. The van der Waals surface area contributed by atoms with E-state index in [1.807, 2.05) is 96.8 Å². The minimum absolute atomic E-state index is 0.601. The molecular formula is C80H49F3N4. The number of rotatable bonds is 8. The zero-order valence-electron chi connectivity index (χ0n) is 47.0. The standard InChI is InChI=1S/C40H26F3N.C40H23N3/c1-25-7-14-33(15-8-25)44(34-17-12-32(13-18-34)40(41,42)43)35-16-11-29-22-37-38-23-30-19-27(26-5-3-2-4-6-26)9-10-28(30)21-36(38)39(37)24-31(29)20-35;1-42-33-12-17-35(18-13-33)43(34-14-7-26(25-41)8-15-34)36-16-11-30-22-38-39-23-31-19-28(27-5-3-2-4-6-27)9-10-29(31)21-37(39)40(38)24-32(30)20-36/h2-24H,1H3;2-24H. The summed E-state index contributed by atoms with van der Waals surface area (Å²) in [5.74, 6) is 0. The summed E-state index contributed by atoms with van der Waals surface area (Å²) in [4.78, 5) is 7.73. The highest BCUT2D eigenvalue weighted by Gasteiger charge is 2.31. The van der Waals surface area contributed by atoms with Crippen molar-refractivity contribution < 1.29 is 13.2 Å². The van der Waals surface area contributed by atoms with Gasteiger partial charge in [0.2, 0.25) is 0 Å². The topological polar surface area (TPSA) is 34.6 Å². The number of fused-ring (bicyclic) bond motifs is 12. The van der Waals surface area contributed by atoms with Gasteiger partial charge in [0.15, 0.2) is 5.69 Å². The maximum absolute atomic E-state index is 13.3. The van der Waals surface area contributed by atoms with E-state index >= 15 is 0 Å². The third-order valence-electron chi connectivity index (χ3n) is 17.0. The van der Waals surface area contributed by atoms with Crippen molar-refractivity contribution in [2.45, 2.75) is 13.1 Å². The second-order valence-corrected chi connectivity index (χ2v) is 22.3. The van der Waals surface area contributed by atoms with Gasteiger partial charge in [-0.15, -0.1) is 0 Å². The van der Waals surface area contributed by atoms with Crippen molar-refractivity contribution in [3.05, 3.63) is 307 Å². The quantitative estimate of drug-likeness (QED) is 0.142. The van der Waals surface area contributed by atoms with Crippen molar-refractivity contribution in [2.75, 3.05) is 9.80 Å². The van der Waals surface area contributed by atoms with Crippen molar-refractivity contribution in [2.24, 2.45) is 0 Å². The maximum atomic E-state index is 13.3. The Labute approximate surface area is 501 Å². The van der Waals surface area contributed by atoms with Crippen LogP contribution >= 0.6 is 0 Å². The zero-order chi connectivity index (χ0) is 58.9. The highest BCUT2D eigenvalue weighted by molar-refractivity contribution is 6.14. The number of anilines is 6. The van der Waals surface area contributed by atoms with Crippen LogP contribution in [0.2, 0.25) is 0 Å². The predicted molar refractivity (Wildman–Crippen MR) is 353 cm³/mol. The Bertz CT molecular complexity index is 5080. The SMILES string of the molecule is Cc1ccc(N(c2ccc(C(F)(F)F)cc2)c2ccc3cc4c(cc3c2)-c2cc3ccc(-c5ccccc5)cc3cc2-4)cc1.[C-]#[N+]c1ccc(N(c2ccc(C#N)cc2)c2ccc3cc4c(cc3c2)-c2cc3ccc(-c5ccccc5)cc3cc2-4)cc1. The summed E-state index contributed by atoms with van der Waals surface area (Å²) >= 11 is 0.